The summed E-state index contributed by atoms with van der Waals surface area (Å²) in [5, 5.41) is 3.84. The maximum atomic E-state index is 13.4. The van der Waals surface area contributed by atoms with Crippen molar-refractivity contribution in [3.8, 4) is 0 Å². The predicted molar refractivity (Wildman–Crippen MR) is 57.5 cm³/mol. The molecule has 2 aromatic rings. The number of halogens is 1. The Bertz CT molecular complexity index is 484. The van der Waals surface area contributed by atoms with Crippen molar-refractivity contribution in [3.63, 3.8) is 0 Å². The number of anilines is 1. The number of hydrogen-bond acceptors (Lipinski definition) is 4. The number of pyridine rings is 1. The highest BCUT2D eigenvalue weighted by atomic mass is 19.1. The summed E-state index contributed by atoms with van der Waals surface area (Å²) in [5.41, 5.74) is 0.755. The molecule has 0 unspecified atom stereocenters. The van der Waals surface area contributed by atoms with Crippen molar-refractivity contribution >= 4 is 5.82 Å². The van der Waals surface area contributed by atoms with Crippen LogP contribution < -0.4 is 4.90 Å². The Balaban J connectivity index is 2.14. The second-order valence-corrected chi connectivity index (χ2v) is 3.59. The van der Waals surface area contributed by atoms with Crippen molar-refractivity contribution in [1.82, 2.24) is 10.1 Å². The van der Waals surface area contributed by atoms with Gasteiger partial charge in [-0.3, -0.25) is 0 Å². The molecule has 0 bridgehead atoms. The molecule has 0 saturated carbocycles. The second-order valence-electron chi connectivity index (χ2n) is 3.59. The predicted octanol–water partition coefficient (Wildman–Crippen LogP) is 2.15. The SMILES string of the molecule is Cc1cc(CN(C)c2ncccc2F)no1. The summed E-state index contributed by atoms with van der Waals surface area (Å²) in [6, 6.07) is 4.76. The number of rotatable bonds is 3. The maximum Gasteiger partial charge on any atom is 0.165 e. The van der Waals surface area contributed by atoms with E-state index < -0.39 is 0 Å². The summed E-state index contributed by atoms with van der Waals surface area (Å²) >= 11 is 0. The second kappa shape index (κ2) is 4.30. The van der Waals surface area contributed by atoms with Gasteiger partial charge in [0.25, 0.3) is 0 Å². The molecule has 0 fully saturated rings. The van der Waals surface area contributed by atoms with Crippen LogP contribution in [0.2, 0.25) is 0 Å². The minimum atomic E-state index is -0.342. The van der Waals surface area contributed by atoms with Gasteiger partial charge in [-0.1, -0.05) is 5.16 Å². The van der Waals surface area contributed by atoms with Crippen LogP contribution in [0.15, 0.2) is 28.9 Å². The minimum Gasteiger partial charge on any atom is -0.361 e. The van der Waals surface area contributed by atoms with Crippen molar-refractivity contribution in [1.29, 1.82) is 0 Å². The van der Waals surface area contributed by atoms with Crippen LogP contribution in [0, 0.1) is 12.7 Å². The molecule has 2 heterocycles. The van der Waals surface area contributed by atoms with Gasteiger partial charge in [-0.2, -0.15) is 0 Å². The molecular weight excluding hydrogens is 209 g/mol. The average molecular weight is 221 g/mol. The molecule has 5 heteroatoms. The van der Waals surface area contributed by atoms with Gasteiger partial charge in [-0.25, -0.2) is 9.37 Å². The fraction of sp³-hybridized carbons (Fsp3) is 0.273. The lowest BCUT2D eigenvalue weighted by Gasteiger charge is -2.16. The number of nitrogens with zero attached hydrogens (tertiary/aromatic N) is 3. The fourth-order valence-corrected chi connectivity index (χ4v) is 1.47. The highest BCUT2D eigenvalue weighted by molar-refractivity contribution is 5.38. The van der Waals surface area contributed by atoms with E-state index in [1.54, 1.807) is 24.2 Å². The van der Waals surface area contributed by atoms with Crippen molar-refractivity contribution in [2.45, 2.75) is 13.5 Å². The molecule has 0 aliphatic heterocycles. The maximum absolute atomic E-state index is 13.4. The smallest absolute Gasteiger partial charge is 0.165 e. The Morgan fingerprint density at radius 3 is 2.94 bits per heavy atom. The zero-order chi connectivity index (χ0) is 11.5. The van der Waals surface area contributed by atoms with Crippen molar-refractivity contribution < 1.29 is 8.91 Å². The number of hydrogen-bond donors (Lipinski definition) is 0. The first kappa shape index (κ1) is 10.6. The van der Waals surface area contributed by atoms with Crippen LogP contribution in [0.25, 0.3) is 0 Å². The monoisotopic (exact) mass is 221 g/mol. The molecule has 0 aromatic carbocycles. The van der Waals surface area contributed by atoms with Crippen LogP contribution in [0.5, 0.6) is 0 Å². The summed E-state index contributed by atoms with van der Waals surface area (Å²) in [7, 11) is 1.76. The quantitative estimate of drug-likeness (QED) is 0.796. The van der Waals surface area contributed by atoms with Gasteiger partial charge in [0.1, 0.15) is 11.5 Å². The van der Waals surface area contributed by atoms with Gasteiger partial charge in [0.15, 0.2) is 11.6 Å². The van der Waals surface area contributed by atoms with Crippen LogP contribution in [0.3, 0.4) is 0 Å². The normalized spacial score (nSPS) is 10.4. The van der Waals surface area contributed by atoms with E-state index in [4.69, 9.17) is 4.52 Å². The van der Waals surface area contributed by atoms with Crippen LogP contribution in [0.4, 0.5) is 10.2 Å². The van der Waals surface area contributed by atoms with Crippen LogP contribution in [0.1, 0.15) is 11.5 Å². The summed E-state index contributed by atoms with van der Waals surface area (Å²) in [4.78, 5) is 5.66. The highest BCUT2D eigenvalue weighted by Crippen LogP contribution is 2.15. The van der Waals surface area contributed by atoms with Gasteiger partial charge in [0, 0.05) is 19.3 Å². The fourth-order valence-electron chi connectivity index (χ4n) is 1.47. The Labute approximate surface area is 92.7 Å². The molecule has 16 heavy (non-hydrogen) atoms. The molecule has 4 nitrogen and oxygen atoms in total. The first-order valence-corrected chi connectivity index (χ1v) is 4.90. The Hall–Kier alpha value is -1.91. The topological polar surface area (TPSA) is 42.2 Å². The van der Waals surface area contributed by atoms with Crippen molar-refractivity contribution in [2.24, 2.45) is 0 Å². The van der Waals surface area contributed by atoms with Gasteiger partial charge in [0.2, 0.25) is 0 Å². The molecule has 0 aliphatic carbocycles. The molecule has 0 aliphatic rings. The van der Waals surface area contributed by atoms with Crippen molar-refractivity contribution in [2.75, 3.05) is 11.9 Å². The van der Waals surface area contributed by atoms with Gasteiger partial charge in [-0.05, 0) is 19.1 Å². The molecule has 0 N–H and O–H groups in total. The Morgan fingerprint density at radius 1 is 1.50 bits per heavy atom. The third kappa shape index (κ3) is 2.18. The van der Waals surface area contributed by atoms with E-state index >= 15 is 0 Å². The van der Waals surface area contributed by atoms with E-state index in [9.17, 15) is 4.39 Å². The number of aryl methyl sites for hydroxylation is 1. The Kier molecular flexibility index (Phi) is 2.85. The number of aromatic nitrogens is 2. The van der Waals surface area contributed by atoms with Crippen LogP contribution in [-0.4, -0.2) is 17.2 Å². The average Bonchev–Trinajstić information content (AvgIpc) is 2.64. The summed E-state index contributed by atoms with van der Waals surface area (Å²) < 4.78 is 18.3. The lowest BCUT2D eigenvalue weighted by molar-refractivity contribution is 0.390. The van der Waals surface area contributed by atoms with Gasteiger partial charge >= 0.3 is 0 Å². The van der Waals surface area contributed by atoms with Crippen LogP contribution in [-0.2, 0) is 6.54 Å². The molecule has 0 saturated heterocycles. The van der Waals surface area contributed by atoms with Gasteiger partial charge in [-0.15, -0.1) is 0 Å². The molecular formula is C11H12FN3O. The van der Waals surface area contributed by atoms with E-state index in [1.807, 2.05) is 13.0 Å². The summed E-state index contributed by atoms with van der Waals surface area (Å²) in [6.07, 6.45) is 1.56. The molecule has 2 rings (SSSR count). The van der Waals surface area contributed by atoms with Gasteiger partial charge < -0.3 is 9.42 Å². The first-order valence-electron chi connectivity index (χ1n) is 4.90. The molecule has 84 valence electrons. The molecule has 0 spiro atoms. The van der Waals surface area contributed by atoms with E-state index in [0.717, 1.165) is 11.5 Å². The molecule has 0 amide bonds. The standard InChI is InChI=1S/C11H12FN3O/c1-8-6-9(14-16-8)7-15(2)11-10(12)4-3-5-13-11/h3-6H,7H2,1-2H3. The lowest BCUT2D eigenvalue weighted by atomic mass is 10.3. The zero-order valence-corrected chi connectivity index (χ0v) is 9.14. The first-order chi connectivity index (χ1) is 7.66. The third-order valence-electron chi connectivity index (χ3n) is 2.18. The minimum absolute atomic E-state index is 0.308. The van der Waals surface area contributed by atoms with Crippen LogP contribution >= 0.6 is 0 Å². The molecule has 0 radical (unpaired) electrons. The van der Waals surface area contributed by atoms with E-state index in [0.29, 0.717) is 12.4 Å². The van der Waals surface area contributed by atoms with E-state index in [2.05, 4.69) is 10.1 Å². The third-order valence-corrected chi connectivity index (χ3v) is 2.18. The van der Waals surface area contributed by atoms with Crippen molar-refractivity contribution in [3.05, 3.63) is 41.7 Å². The molecule has 0 atom stereocenters. The molecule has 2 aromatic heterocycles. The lowest BCUT2D eigenvalue weighted by Crippen LogP contribution is -2.19. The zero-order valence-electron chi connectivity index (χ0n) is 9.14. The van der Waals surface area contributed by atoms with Gasteiger partial charge in [0.05, 0.1) is 6.54 Å². The Morgan fingerprint density at radius 2 is 2.31 bits per heavy atom. The summed E-state index contributed by atoms with van der Waals surface area (Å²) in [6.45, 7) is 2.28. The van der Waals surface area contributed by atoms with E-state index in [-0.39, 0.29) is 5.82 Å². The highest BCUT2D eigenvalue weighted by Gasteiger charge is 2.10. The summed E-state index contributed by atoms with van der Waals surface area (Å²) in [5.74, 6) is 0.707. The van der Waals surface area contributed by atoms with E-state index in [1.165, 1.54) is 6.07 Å². The largest absolute Gasteiger partial charge is 0.361 e.